The van der Waals surface area contributed by atoms with Crippen LogP contribution in [-0.2, 0) is 13.5 Å². The van der Waals surface area contributed by atoms with Crippen molar-refractivity contribution in [1.29, 1.82) is 0 Å². The third-order valence-electron chi connectivity index (χ3n) is 2.66. The van der Waals surface area contributed by atoms with Crippen molar-refractivity contribution in [2.75, 3.05) is 0 Å². The molecular formula is C12H15IN4. The number of hydrogen-bond acceptors (Lipinski definition) is 3. The number of benzene rings is 1. The standard InChI is InChI=1S/C12H15IN4/c1-17-7-6-9(16-17)8-12(15-14)10-4-2-3-5-11(10)13/h2-7,12,15H,8,14H2,1H3. The molecular weight excluding hydrogens is 327 g/mol. The summed E-state index contributed by atoms with van der Waals surface area (Å²) in [6, 6.07) is 10.3. The Kier molecular flexibility index (Phi) is 4.14. The van der Waals surface area contributed by atoms with Crippen LogP contribution in [-0.4, -0.2) is 9.78 Å². The van der Waals surface area contributed by atoms with Crippen LogP contribution < -0.4 is 11.3 Å². The van der Waals surface area contributed by atoms with E-state index in [1.165, 1.54) is 9.13 Å². The number of nitrogens with one attached hydrogen (secondary N) is 1. The maximum absolute atomic E-state index is 5.64. The maximum Gasteiger partial charge on any atom is 0.0643 e. The van der Waals surface area contributed by atoms with Gasteiger partial charge in [-0.15, -0.1) is 0 Å². The minimum atomic E-state index is 0.0954. The molecule has 5 heteroatoms. The van der Waals surface area contributed by atoms with Crippen LogP contribution in [0.3, 0.4) is 0 Å². The zero-order valence-corrected chi connectivity index (χ0v) is 11.8. The van der Waals surface area contributed by atoms with Gasteiger partial charge in [-0.3, -0.25) is 16.0 Å². The Balaban J connectivity index is 2.20. The molecule has 0 aliphatic heterocycles. The monoisotopic (exact) mass is 342 g/mol. The van der Waals surface area contributed by atoms with E-state index < -0.39 is 0 Å². The van der Waals surface area contributed by atoms with Gasteiger partial charge in [0.2, 0.25) is 0 Å². The lowest BCUT2D eigenvalue weighted by atomic mass is 10.0. The van der Waals surface area contributed by atoms with Crippen molar-refractivity contribution >= 4 is 22.6 Å². The highest BCUT2D eigenvalue weighted by atomic mass is 127. The predicted octanol–water partition coefficient (Wildman–Crippen LogP) is 1.77. The van der Waals surface area contributed by atoms with Crippen molar-refractivity contribution < 1.29 is 0 Å². The van der Waals surface area contributed by atoms with Crippen LogP contribution in [0.2, 0.25) is 0 Å². The minimum Gasteiger partial charge on any atom is -0.276 e. The molecule has 0 spiro atoms. The van der Waals surface area contributed by atoms with E-state index in [4.69, 9.17) is 5.84 Å². The molecule has 0 aliphatic rings. The van der Waals surface area contributed by atoms with Gasteiger partial charge in [-0.1, -0.05) is 18.2 Å². The third-order valence-corrected chi connectivity index (χ3v) is 3.65. The molecule has 1 aromatic heterocycles. The number of hydrogen-bond donors (Lipinski definition) is 2. The van der Waals surface area contributed by atoms with Gasteiger partial charge in [-0.05, 0) is 40.3 Å². The van der Waals surface area contributed by atoms with E-state index in [2.05, 4.69) is 45.2 Å². The van der Waals surface area contributed by atoms with E-state index in [0.29, 0.717) is 0 Å². The molecule has 0 radical (unpaired) electrons. The normalized spacial score (nSPS) is 12.6. The molecule has 0 saturated heterocycles. The Hall–Kier alpha value is -0.920. The molecule has 3 N–H and O–H groups in total. The van der Waals surface area contributed by atoms with E-state index in [0.717, 1.165) is 12.1 Å². The van der Waals surface area contributed by atoms with Gasteiger partial charge in [0.25, 0.3) is 0 Å². The summed E-state index contributed by atoms with van der Waals surface area (Å²) in [5.41, 5.74) is 5.11. The molecule has 1 unspecified atom stereocenters. The number of rotatable bonds is 4. The topological polar surface area (TPSA) is 55.9 Å². The van der Waals surface area contributed by atoms with Crippen LogP contribution in [0.25, 0.3) is 0 Å². The first-order valence-electron chi connectivity index (χ1n) is 5.40. The first kappa shape index (κ1) is 12.5. The second kappa shape index (κ2) is 5.61. The smallest absolute Gasteiger partial charge is 0.0643 e. The molecule has 90 valence electrons. The quantitative estimate of drug-likeness (QED) is 0.506. The van der Waals surface area contributed by atoms with Crippen LogP contribution in [0.1, 0.15) is 17.3 Å². The molecule has 0 bridgehead atoms. The second-order valence-corrected chi connectivity index (χ2v) is 5.09. The summed E-state index contributed by atoms with van der Waals surface area (Å²) in [6.45, 7) is 0. The van der Waals surface area contributed by atoms with Gasteiger partial charge in [-0.25, -0.2) is 0 Å². The number of halogens is 1. The van der Waals surface area contributed by atoms with Gasteiger partial charge >= 0.3 is 0 Å². The van der Waals surface area contributed by atoms with Crippen molar-refractivity contribution in [3.8, 4) is 0 Å². The Labute approximate surface area is 114 Å². The summed E-state index contributed by atoms with van der Waals surface area (Å²) in [5.74, 6) is 5.64. The van der Waals surface area contributed by atoms with Crippen LogP contribution in [0.4, 0.5) is 0 Å². The van der Waals surface area contributed by atoms with Crippen LogP contribution in [0, 0.1) is 3.57 Å². The fraction of sp³-hybridized carbons (Fsp3) is 0.250. The summed E-state index contributed by atoms with van der Waals surface area (Å²) in [7, 11) is 1.92. The number of nitrogens with two attached hydrogens (primary N) is 1. The Bertz CT molecular complexity index is 495. The molecule has 2 aromatic rings. The molecule has 1 aromatic carbocycles. The van der Waals surface area contributed by atoms with Gasteiger partial charge in [0.15, 0.2) is 0 Å². The summed E-state index contributed by atoms with van der Waals surface area (Å²) in [5, 5.41) is 4.37. The molecule has 0 saturated carbocycles. The zero-order valence-electron chi connectivity index (χ0n) is 9.60. The van der Waals surface area contributed by atoms with Gasteiger partial charge in [0.1, 0.15) is 0 Å². The summed E-state index contributed by atoms with van der Waals surface area (Å²) in [4.78, 5) is 0. The lowest BCUT2D eigenvalue weighted by molar-refractivity contribution is 0.539. The maximum atomic E-state index is 5.64. The molecule has 0 fully saturated rings. The summed E-state index contributed by atoms with van der Waals surface area (Å²) in [6.07, 6.45) is 2.73. The van der Waals surface area contributed by atoms with Crippen molar-refractivity contribution in [2.45, 2.75) is 12.5 Å². The van der Waals surface area contributed by atoms with Crippen LogP contribution >= 0.6 is 22.6 Å². The molecule has 0 amide bonds. The molecule has 1 atom stereocenters. The minimum absolute atomic E-state index is 0.0954. The predicted molar refractivity (Wildman–Crippen MR) is 76.1 cm³/mol. The van der Waals surface area contributed by atoms with Crippen molar-refractivity contribution in [3.05, 3.63) is 51.4 Å². The highest BCUT2D eigenvalue weighted by Crippen LogP contribution is 2.22. The van der Waals surface area contributed by atoms with Crippen molar-refractivity contribution in [3.63, 3.8) is 0 Å². The highest BCUT2D eigenvalue weighted by Gasteiger charge is 2.14. The molecule has 0 aliphatic carbocycles. The van der Waals surface area contributed by atoms with Gasteiger partial charge in [-0.2, -0.15) is 5.10 Å². The number of hydrazine groups is 1. The molecule has 2 rings (SSSR count). The SMILES string of the molecule is Cn1ccc(CC(NN)c2ccccc2I)n1. The summed E-state index contributed by atoms with van der Waals surface area (Å²) >= 11 is 2.33. The molecule has 1 heterocycles. The third kappa shape index (κ3) is 3.05. The van der Waals surface area contributed by atoms with Crippen LogP contribution in [0.5, 0.6) is 0 Å². The number of aromatic nitrogens is 2. The number of nitrogens with zero attached hydrogens (tertiary/aromatic N) is 2. The highest BCUT2D eigenvalue weighted by molar-refractivity contribution is 14.1. The summed E-state index contributed by atoms with van der Waals surface area (Å²) < 4.78 is 3.02. The lowest BCUT2D eigenvalue weighted by Crippen LogP contribution is -2.30. The van der Waals surface area contributed by atoms with Gasteiger partial charge in [0.05, 0.1) is 11.7 Å². The molecule has 4 nitrogen and oxygen atoms in total. The van der Waals surface area contributed by atoms with Gasteiger partial charge < -0.3 is 0 Å². The van der Waals surface area contributed by atoms with E-state index in [9.17, 15) is 0 Å². The fourth-order valence-corrected chi connectivity index (χ4v) is 2.56. The first-order chi connectivity index (χ1) is 8.20. The Morgan fingerprint density at radius 2 is 2.18 bits per heavy atom. The largest absolute Gasteiger partial charge is 0.276 e. The lowest BCUT2D eigenvalue weighted by Gasteiger charge is -2.16. The van der Waals surface area contributed by atoms with E-state index in [-0.39, 0.29) is 6.04 Å². The second-order valence-electron chi connectivity index (χ2n) is 3.93. The van der Waals surface area contributed by atoms with E-state index >= 15 is 0 Å². The van der Waals surface area contributed by atoms with Crippen molar-refractivity contribution in [2.24, 2.45) is 12.9 Å². The molecule has 17 heavy (non-hydrogen) atoms. The zero-order chi connectivity index (χ0) is 12.3. The van der Waals surface area contributed by atoms with Crippen molar-refractivity contribution in [1.82, 2.24) is 15.2 Å². The average Bonchev–Trinajstić information content (AvgIpc) is 2.73. The van der Waals surface area contributed by atoms with Gasteiger partial charge in [0, 0.05) is 23.2 Å². The van der Waals surface area contributed by atoms with E-state index in [1.54, 1.807) is 4.68 Å². The number of aryl methyl sites for hydroxylation is 1. The van der Waals surface area contributed by atoms with E-state index in [1.807, 2.05) is 31.4 Å². The average molecular weight is 342 g/mol. The Morgan fingerprint density at radius 3 is 2.76 bits per heavy atom. The first-order valence-corrected chi connectivity index (χ1v) is 6.47. The Morgan fingerprint density at radius 1 is 1.41 bits per heavy atom. The van der Waals surface area contributed by atoms with Crippen LogP contribution in [0.15, 0.2) is 36.5 Å². The fourth-order valence-electron chi connectivity index (χ4n) is 1.80.